The fourth-order valence-corrected chi connectivity index (χ4v) is 1.88. The van der Waals surface area contributed by atoms with Crippen molar-refractivity contribution >= 4 is 11.9 Å². The van der Waals surface area contributed by atoms with Crippen molar-refractivity contribution in [1.29, 1.82) is 0 Å². The molecule has 0 bridgehead atoms. The molecule has 0 aliphatic rings. The van der Waals surface area contributed by atoms with Crippen LogP contribution in [0.4, 0.5) is 8.78 Å². The summed E-state index contributed by atoms with van der Waals surface area (Å²) in [5.41, 5.74) is 0.629. The summed E-state index contributed by atoms with van der Waals surface area (Å²) in [6.45, 7) is 3.87. The number of hydrogen-bond acceptors (Lipinski definition) is 2. The summed E-state index contributed by atoms with van der Waals surface area (Å²) < 4.78 is 31.8. The van der Waals surface area contributed by atoms with Gasteiger partial charge in [0.1, 0.15) is 17.4 Å². The zero-order chi connectivity index (χ0) is 16.1. The lowest BCUT2D eigenvalue weighted by atomic mass is 10.1. The molecule has 114 valence electrons. The fourth-order valence-electron chi connectivity index (χ4n) is 1.88. The smallest absolute Gasteiger partial charge is 0.188 e. The zero-order valence-electron chi connectivity index (χ0n) is 12.3. The summed E-state index contributed by atoms with van der Waals surface area (Å²) in [6.07, 6.45) is 2.92. The van der Waals surface area contributed by atoms with Crippen molar-refractivity contribution in [3.05, 3.63) is 71.3 Å². The summed E-state index contributed by atoms with van der Waals surface area (Å²) >= 11 is 0. The van der Waals surface area contributed by atoms with Crippen LogP contribution in [0, 0.1) is 11.6 Å². The van der Waals surface area contributed by atoms with E-state index in [4.69, 9.17) is 4.74 Å². The van der Waals surface area contributed by atoms with Crippen molar-refractivity contribution in [3.63, 3.8) is 0 Å². The van der Waals surface area contributed by atoms with Crippen LogP contribution in [0.5, 0.6) is 5.75 Å². The SMILES string of the molecule is CC(C)Oc1ccc(/C=C/C(=O)c2ccc(F)cc2F)cc1. The number of ether oxygens (including phenoxy) is 1. The third kappa shape index (κ3) is 4.25. The first-order valence-electron chi connectivity index (χ1n) is 6.90. The highest BCUT2D eigenvalue weighted by atomic mass is 19.1. The minimum Gasteiger partial charge on any atom is -0.491 e. The topological polar surface area (TPSA) is 26.3 Å². The predicted octanol–water partition coefficient (Wildman–Crippen LogP) is 4.65. The molecule has 0 saturated heterocycles. The molecule has 2 aromatic carbocycles. The van der Waals surface area contributed by atoms with Gasteiger partial charge >= 0.3 is 0 Å². The Morgan fingerprint density at radius 1 is 1.09 bits per heavy atom. The van der Waals surface area contributed by atoms with Crippen LogP contribution >= 0.6 is 0 Å². The Kier molecular flexibility index (Phi) is 5.04. The molecule has 0 aliphatic heterocycles. The van der Waals surface area contributed by atoms with Gasteiger partial charge in [-0.1, -0.05) is 18.2 Å². The molecule has 0 spiro atoms. The number of hydrogen-bond donors (Lipinski definition) is 0. The molecule has 2 nitrogen and oxygen atoms in total. The molecule has 0 aliphatic carbocycles. The molecular weight excluding hydrogens is 286 g/mol. The van der Waals surface area contributed by atoms with E-state index in [1.165, 1.54) is 6.08 Å². The van der Waals surface area contributed by atoms with Crippen molar-refractivity contribution in [3.8, 4) is 5.75 Å². The van der Waals surface area contributed by atoms with Crippen molar-refractivity contribution in [2.75, 3.05) is 0 Å². The van der Waals surface area contributed by atoms with Gasteiger partial charge in [-0.3, -0.25) is 4.79 Å². The highest BCUT2D eigenvalue weighted by molar-refractivity contribution is 6.06. The number of halogens is 2. The van der Waals surface area contributed by atoms with Gasteiger partial charge in [-0.05, 0) is 49.8 Å². The van der Waals surface area contributed by atoms with Crippen LogP contribution in [0.25, 0.3) is 6.08 Å². The highest BCUT2D eigenvalue weighted by Gasteiger charge is 2.09. The largest absolute Gasteiger partial charge is 0.491 e. The number of carbonyl (C=O) groups is 1. The Hall–Kier alpha value is -2.49. The average molecular weight is 302 g/mol. The molecule has 0 heterocycles. The van der Waals surface area contributed by atoms with Gasteiger partial charge < -0.3 is 4.74 Å². The van der Waals surface area contributed by atoms with Crippen LogP contribution in [-0.4, -0.2) is 11.9 Å². The van der Waals surface area contributed by atoms with E-state index in [0.29, 0.717) is 6.07 Å². The summed E-state index contributed by atoms with van der Waals surface area (Å²) in [5, 5.41) is 0. The standard InChI is InChI=1S/C18H16F2O2/c1-12(2)22-15-7-3-13(4-8-15)5-10-18(21)16-9-6-14(19)11-17(16)20/h3-12H,1-2H3/b10-5+. The van der Waals surface area contributed by atoms with Crippen LogP contribution in [0.3, 0.4) is 0 Å². The van der Waals surface area contributed by atoms with E-state index in [1.807, 2.05) is 13.8 Å². The molecule has 4 heteroatoms. The second-order valence-corrected chi connectivity index (χ2v) is 5.06. The maximum Gasteiger partial charge on any atom is 0.188 e. The molecule has 0 aromatic heterocycles. The maximum atomic E-state index is 13.5. The van der Waals surface area contributed by atoms with E-state index in [9.17, 15) is 13.6 Å². The Bertz CT molecular complexity index is 689. The first-order valence-corrected chi connectivity index (χ1v) is 6.90. The molecular formula is C18H16F2O2. The van der Waals surface area contributed by atoms with Crippen LogP contribution < -0.4 is 4.74 Å². The number of rotatable bonds is 5. The molecule has 2 rings (SSSR count). The summed E-state index contributed by atoms with van der Waals surface area (Å²) in [4.78, 5) is 11.9. The molecule has 0 atom stereocenters. The lowest BCUT2D eigenvalue weighted by Crippen LogP contribution is -2.05. The van der Waals surface area contributed by atoms with E-state index >= 15 is 0 Å². The molecule has 0 N–H and O–H groups in total. The minimum absolute atomic E-state index is 0.0874. The lowest BCUT2D eigenvalue weighted by Gasteiger charge is -2.09. The van der Waals surface area contributed by atoms with Crippen molar-refractivity contribution in [2.24, 2.45) is 0 Å². The van der Waals surface area contributed by atoms with Crippen LogP contribution in [0.1, 0.15) is 29.8 Å². The predicted molar refractivity (Wildman–Crippen MR) is 81.9 cm³/mol. The van der Waals surface area contributed by atoms with Crippen LogP contribution in [-0.2, 0) is 0 Å². The summed E-state index contributed by atoms with van der Waals surface area (Å²) in [5.74, 6) is -1.35. The first kappa shape index (κ1) is 15.9. The first-order chi connectivity index (χ1) is 10.5. The Labute approximate surface area is 128 Å². The molecule has 0 amide bonds. The maximum absolute atomic E-state index is 13.5. The van der Waals surface area contributed by atoms with Gasteiger partial charge in [0.05, 0.1) is 11.7 Å². The molecule has 0 unspecified atom stereocenters. The van der Waals surface area contributed by atoms with Gasteiger partial charge in [0.2, 0.25) is 0 Å². The van der Waals surface area contributed by atoms with Gasteiger partial charge in [0.25, 0.3) is 0 Å². The third-order valence-corrected chi connectivity index (χ3v) is 2.88. The van der Waals surface area contributed by atoms with Crippen molar-refractivity contribution in [2.45, 2.75) is 20.0 Å². The third-order valence-electron chi connectivity index (χ3n) is 2.88. The quantitative estimate of drug-likeness (QED) is 0.593. The second kappa shape index (κ2) is 6.98. The van der Waals surface area contributed by atoms with Crippen LogP contribution in [0.2, 0.25) is 0 Å². The average Bonchev–Trinajstić information content (AvgIpc) is 2.45. The Morgan fingerprint density at radius 3 is 2.36 bits per heavy atom. The van der Waals surface area contributed by atoms with Gasteiger partial charge in [-0.15, -0.1) is 0 Å². The monoisotopic (exact) mass is 302 g/mol. The molecule has 0 radical (unpaired) electrons. The normalized spacial score (nSPS) is 11.1. The molecule has 0 saturated carbocycles. The summed E-state index contributed by atoms with van der Waals surface area (Å²) in [6, 6.07) is 10.1. The molecule has 2 aromatic rings. The van der Waals surface area contributed by atoms with Gasteiger partial charge in [0, 0.05) is 6.07 Å². The Balaban J connectivity index is 2.09. The van der Waals surface area contributed by atoms with Crippen LogP contribution in [0.15, 0.2) is 48.5 Å². The zero-order valence-corrected chi connectivity index (χ0v) is 12.3. The summed E-state index contributed by atoms with van der Waals surface area (Å²) in [7, 11) is 0. The van der Waals surface area contributed by atoms with E-state index < -0.39 is 17.4 Å². The number of carbonyl (C=O) groups excluding carboxylic acids is 1. The van der Waals surface area contributed by atoms with Crippen molar-refractivity contribution < 1.29 is 18.3 Å². The minimum atomic E-state index is -0.865. The van der Waals surface area contributed by atoms with E-state index in [1.54, 1.807) is 30.3 Å². The second-order valence-electron chi connectivity index (χ2n) is 5.06. The van der Waals surface area contributed by atoms with Gasteiger partial charge in [-0.25, -0.2) is 8.78 Å². The van der Waals surface area contributed by atoms with E-state index in [-0.39, 0.29) is 11.7 Å². The Morgan fingerprint density at radius 2 is 1.77 bits per heavy atom. The molecule has 0 fully saturated rings. The number of ketones is 1. The highest BCUT2D eigenvalue weighted by Crippen LogP contribution is 2.16. The van der Waals surface area contributed by atoms with Gasteiger partial charge in [0.15, 0.2) is 5.78 Å². The number of benzene rings is 2. The van der Waals surface area contributed by atoms with Crippen molar-refractivity contribution in [1.82, 2.24) is 0 Å². The number of allylic oxidation sites excluding steroid dienone is 1. The lowest BCUT2D eigenvalue weighted by molar-refractivity contribution is 0.104. The fraction of sp³-hybridized carbons (Fsp3) is 0.167. The van der Waals surface area contributed by atoms with E-state index in [0.717, 1.165) is 23.4 Å². The molecule has 22 heavy (non-hydrogen) atoms. The van der Waals surface area contributed by atoms with E-state index in [2.05, 4.69) is 0 Å². The van der Waals surface area contributed by atoms with Gasteiger partial charge in [-0.2, -0.15) is 0 Å².